The normalized spacial score (nSPS) is 10.4. The molecule has 110 valence electrons. The molecule has 0 spiro atoms. The minimum Gasteiger partial charge on any atom is -0.478 e. The Morgan fingerprint density at radius 3 is 2.95 bits per heavy atom. The van der Waals surface area contributed by atoms with E-state index in [9.17, 15) is 4.79 Å². The van der Waals surface area contributed by atoms with Gasteiger partial charge in [0.25, 0.3) is 5.91 Å². The summed E-state index contributed by atoms with van der Waals surface area (Å²) >= 11 is 0. The molecule has 1 N–H and O–H groups in total. The van der Waals surface area contributed by atoms with Crippen molar-refractivity contribution < 1.29 is 9.53 Å². The first-order valence-corrected chi connectivity index (χ1v) is 6.87. The Bertz CT molecular complexity index is 820. The van der Waals surface area contributed by atoms with Gasteiger partial charge in [0.15, 0.2) is 0 Å². The minimum atomic E-state index is -0.313. The summed E-state index contributed by atoms with van der Waals surface area (Å²) in [4.78, 5) is 24.4. The van der Waals surface area contributed by atoms with Gasteiger partial charge in [-0.2, -0.15) is 0 Å². The molecule has 0 unspecified atom stereocenters. The standard InChI is InChI=1S/C16H14N4O2/c1-2-22-15-9-14(18-10-19-15)16(21)20-12-5-6-13-11(8-12)4-3-7-17-13/h3-10H,2H2,1H3,(H,20,21). The molecule has 3 aromatic rings. The van der Waals surface area contributed by atoms with Gasteiger partial charge in [-0.05, 0) is 31.2 Å². The number of carbonyl (C=O) groups excluding carboxylic acids is 1. The molecule has 0 aliphatic heterocycles. The summed E-state index contributed by atoms with van der Waals surface area (Å²) in [5.41, 5.74) is 1.81. The lowest BCUT2D eigenvalue weighted by atomic mass is 10.2. The van der Waals surface area contributed by atoms with Crippen molar-refractivity contribution in [3.05, 3.63) is 54.6 Å². The van der Waals surface area contributed by atoms with Gasteiger partial charge >= 0.3 is 0 Å². The van der Waals surface area contributed by atoms with E-state index in [4.69, 9.17) is 4.74 Å². The number of aromatic nitrogens is 3. The maximum Gasteiger partial charge on any atom is 0.274 e. The first-order valence-electron chi connectivity index (χ1n) is 6.87. The molecule has 0 aliphatic rings. The number of nitrogens with one attached hydrogen (secondary N) is 1. The van der Waals surface area contributed by atoms with Gasteiger partial charge in [-0.1, -0.05) is 6.07 Å². The molecule has 6 nitrogen and oxygen atoms in total. The summed E-state index contributed by atoms with van der Waals surface area (Å²) in [5, 5.41) is 3.76. The second-order valence-electron chi connectivity index (χ2n) is 4.54. The molecule has 0 aliphatic carbocycles. The zero-order chi connectivity index (χ0) is 15.4. The number of hydrogen-bond donors (Lipinski definition) is 1. The van der Waals surface area contributed by atoms with Gasteiger partial charge < -0.3 is 10.1 Å². The van der Waals surface area contributed by atoms with E-state index in [0.29, 0.717) is 18.2 Å². The minimum absolute atomic E-state index is 0.254. The summed E-state index contributed by atoms with van der Waals surface area (Å²) in [5.74, 6) is 0.0666. The van der Waals surface area contributed by atoms with E-state index < -0.39 is 0 Å². The van der Waals surface area contributed by atoms with Crippen molar-refractivity contribution in [3.63, 3.8) is 0 Å². The quantitative estimate of drug-likeness (QED) is 0.800. The number of hydrogen-bond acceptors (Lipinski definition) is 5. The van der Waals surface area contributed by atoms with E-state index in [-0.39, 0.29) is 11.6 Å². The number of carbonyl (C=O) groups is 1. The van der Waals surface area contributed by atoms with E-state index in [1.54, 1.807) is 12.3 Å². The predicted octanol–water partition coefficient (Wildman–Crippen LogP) is 2.68. The van der Waals surface area contributed by atoms with Crippen molar-refractivity contribution in [2.75, 3.05) is 11.9 Å². The fraction of sp³-hybridized carbons (Fsp3) is 0.125. The van der Waals surface area contributed by atoms with E-state index in [1.807, 2.05) is 31.2 Å². The van der Waals surface area contributed by atoms with Crippen LogP contribution in [0.25, 0.3) is 10.9 Å². The van der Waals surface area contributed by atoms with Crippen LogP contribution in [0.3, 0.4) is 0 Å². The Morgan fingerprint density at radius 1 is 1.18 bits per heavy atom. The predicted molar refractivity (Wildman–Crippen MR) is 82.9 cm³/mol. The smallest absolute Gasteiger partial charge is 0.274 e. The summed E-state index contributed by atoms with van der Waals surface area (Å²) in [7, 11) is 0. The third-order valence-electron chi connectivity index (χ3n) is 3.03. The number of amides is 1. The maximum absolute atomic E-state index is 12.2. The highest BCUT2D eigenvalue weighted by Crippen LogP contribution is 2.18. The van der Waals surface area contributed by atoms with Gasteiger partial charge in [0.05, 0.1) is 12.1 Å². The molecule has 6 heteroatoms. The van der Waals surface area contributed by atoms with Gasteiger partial charge in [0.2, 0.25) is 5.88 Å². The first-order chi connectivity index (χ1) is 10.8. The van der Waals surface area contributed by atoms with Crippen molar-refractivity contribution >= 4 is 22.5 Å². The maximum atomic E-state index is 12.2. The number of pyridine rings is 1. The number of benzene rings is 1. The zero-order valence-corrected chi connectivity index (χ0v) is 12.0. The van der Waals surface area contributed by atoms with E-state index in [1.165, 1.54) is 12.4 Å². The van der Waals surface area contributed by atoms with Crippen molar-refractivity contribution in [2.24, 2.45) is 0 Å². The van der Waals surface area contributed by atoms with E-state index >= 15 is 0 Å². The second-order valence-corrected chi connectivity index (χ2v) is 4.54. The third kappa shape index (κ3) is 3.01. The largest absolute Gasteiger partial charge is 0.478 e. The fourth-order valence-electron chi connectivity index (χ4n) is 2.04. The van der Waals surface area contributed by atoms with Gasteiger partial charge in [0, 0.05) is 23.3 Å². The van der Waals surface area contributed by atoms with E-state index in [2.05, 4.69) is 20.3 Å². The molecule has 0 bridgehead atoms. The molecule has 0 fully saturated rings. The van der Waals surface area contributed by atoms with Crippen LogP contribution < -0.4 is 10.1 Å². The van der Waals surface area contributed by atoms with Crippen LogP contribution in [0.15, 0.2) is 48.9 Å². The van der Waals surface area contributed by atoms with Crippen LogP contribution in [-0.4, -0.2) is 27.5 Å². The second kappa shape index (κ2) is 6.17. The van der Waals surface area contributed by atoms with Crippen LogP contribution in [0.5, 0.6) is 5.88 Å². The number of ether oxygens (including phenoxy) is 1. The summed E-state index contributed by atoms with van der Waals surface area (Å²) in [6.45, 7) is 2.33. The average Bonchev–Trinajstić information content (AvgIpc) is 2.55. The highest BCUT2D eigenvalue weighted by atomic mass is 16.5. The molecule has 0 saturated heterocycles. The summed E-state index contributed by atoms with van der Waals surface area (Å²) < 4.78 is 5.27. The average molecular weight is 294 g/mol. The lowest BCUT2D eigenvalue weighted by molar-refractivity contribution is 0.102. The Labute approximate surface area is 127 Å². The summed E-state index contributed by atoms with van der Waals surface area (Å²) in [6.07, 6.45) is 3.04. The van der Waals surface area contributed by atoms with Crippen LogP contribution in [0.1, 0.15) is 17.4 Å². The van der Waals surface area contributed by atoms with Crippen molar-refractivity contribution in [1.29, 1.82) is 0 Å². The molecule has 22 heavy (non-hydrogen) atoms. The summed E-state index contributed by atoms with van der Waals surface area (Å²) in [6, 6.07) is 10.8. The van der Waals surface area contributed by atoms with E-state index in [0.717, 1.165) is 10.9 Å². The molecule has 2 aromatic heterocycles. The Balaban J connectivity index is 1.81. The molecule has 2 heterocycles. The number of nitrogens with zero attached hydrogens (tertiary/aromatic N) is 3. The number of anilines is 1. The van der Waals surface area contributed by atoms with Gasteiger partial charge in [-0.25, -0.2) is 9.97 Å². The zero-order valence-electron chi connectivity index (χ0n) is 12.0. The van der Waals surface area contributed by atoms with Crippen molar-refractivity contribution in [3.8, 4) is 5.88 Å². The molecule has 0 radical (unpaired) electrons. The van der Waals surface area contributed by atoms with Gasteiger partial charge in [-0.15, -0.1) is 0 Å². The molecule has 0 saturated carbocycles. The highest BCUT2D eigenvalue weighted by Gasteiger charge is 2.10. The SMILES string of the molecule is CCOc1cc(C(=O)Nc2ccc3ncccc3c2)ncn1. The van der Waals surface area contributed by atoms with Crippen LogP contribution in [0.4, 0.5) is 5.69 Å². The number of fused-ring (bicyclic) bond motifs is 1. The first kappa shape index (κ1) is 13.9. The van der Waals surface area contributed by atoms with Crippen LogP contribution in [0.2, 0.25) is 0 Å². The van der Waals surface area contributed by atoms with Crippen LogP contribution in [-0.2, 0) is 0 Å². The topological polar surface area (TPSA) is 77.0 Å². The molecular formula is C16H14N4O2. The lowest BCUT2D eigenvalue weighted by Crippen LogP contribution is -2.14. The monoisotopic (exact) mass is 294 g/mol. The third-order valence-corrected chi connectivity index (χ3v) is 3.03. The molecule has 1 amide bonds. The Morgan fingerprint density at radius 2 is 2.09 bits per heavy atom. The van der Waals surface area contributed by atoms with Gasteiger partial charge in [-0.3, -0.25) is 9.78 Å². The lowest BCUT2D eigenvalue weighted by Gasteiger charge is -2.07. The molecule has 0 atom stereocenters. The highest BCUT2D eigenvalue weighted by molar-refractivity contribution is 6.03. The Kier molecular flexibility index (Phi) is 3.91. The molecular weight excluding hydrogens is 280 g/mol. The van der Waals surface area contributed by atoms with Crippen molar-refractivity contribution in [1.82, 2.24) is 15.0 Å². The van der Waals surface area contributed by atoms with Crippen molar-refractivity contribution in [2.45, 2.75) is 6.92 Å². The fourth-order valence-corrected chi connectivity index (χ4v) is 2.04. The number of rotatable bonds is 4. The van der Waals surface area contributed by atoms with Crippen LogP contribution >= 0.6 is 0 Å². The molecule has 1 aromatic carbocycles. The molecule has 3 rings (SSSR count). The van der Waals surface area contributed by atoms with Gasteiger partial charge in [0.1, 0.15) is 12.0 Å². The van der Waals surface area contributed by atoms with Crippen LogP contribution in [0, 0.1) is 0 Å². The Hall–Kier alpha value is -3.02.